The van der Waals surface area contributed by atoms with Crippen molar-refractivity contribution in [1.29, 1.82) is 0 Å². The van der Waals surface area contributed by atoms with Crippen molar-refractivity contribution < 1.29 is 9.59 Å². The van der Waals surface area contributed by atoms with Gasteiger partial charge in [0.25, 0.3) is 0 Å². The van der Waals surface area contributed by atoms with Crippen molar-refractivity contribution >= 4 is 23.7 Å². The minimum atomic E-state index is -0.253. The van der Waals surface area contributed by atoms with Crippen molar-refractivity contribution in [3.05, 3.63) is 35.4 Å². The van der Waals surface area contributed by atoms with Gasteiger partial charge in [-0.2, -0.15) is 0 Å². The number of aromatic amines is 2. The number of nitrogens with zero attached hydrogens (tertiary/aromatic N) is 6. The summed E-state index contributed by atoms with van der Waals surface area (Å²) in [5, 5.41) is 30.5. The molecule has 0 spiro atoms. The number of carbonyl (C=O) groups excluding carboxylic acids is 2. The summed E-state index contributed by atoms with van der Waals surface area (Å²) in [5.41, 5.74) is 1.59. The van der Waals surface area contributed by atoms with Crippen LogP contribution >= 0.6 is 0 Å². The number of aromatic nitrogens is 8. The molecule has 12 nitrogen and oxygen atoms in total. The highest BCUT2D eigenvalue weighted by Gasteiger charge is 2.08. The van der Waals surface area contributed by atoms with E-state index in [0.29, 0.717) is 0 Å². The molecule has 2 heterocycles. The van der Waals surface area contributed by atoms with Gasteiger partial charge in [0.15, 0.2) is 0 Å². The van der Waals surface area contributed by atoms with Crippen molar-refractivity contribution in [3.8, 4) is 0 Å². The number of anilines is 2. The van der Waals surface area contributed by atoms with Gasteiger partial charge in [-0.1, -0.05) is 34.5 Å². The number of hydrogen-bond donors (Lipinski definition) is 4. The third kappa shape index (κ3) is 4.16. The Balaban J connectivity index is 1.51. The van der Waals surface area contributed by atoms with Gasteiger partial charge in [-0.15, -0.1) is 0 Å². The summed E-state index contributed by atoms with van der Waals surface area (Å²) in [6.07, 6.45) is 0.327. The van der Waals surface area contributed by atoms with Gasteiger partial charge in [0.2, 0.25) is 23.7 Å². The third-order valence-electron chi connectivity index (χ3n) is 2.96. The number of rotatable bonds is 6. The zero-order chi connectivity index (χ0) is 16.8. The number of carbonyl (C=O) groups is 2. The van der Waals surface area contributed by atoms with Gasteiger partial charge >= 0.3 is 0 Å². The van der Waals surface area contributed by atoms with E-state index >= 15 is 0 Å². The number of hydrogen-bond acceptors (Lipinski definition) is 8. The molecule has 0 saturated carbocycles. The largest absolute Gasteiger partial charge is 0.293 e. The van der Waals surface area contributed by atoms with Crippen LogP contribution in [-0.2, 0) is 22.4 Å². The number of benzene rings is 1. The molecule has 2 aromatic heterocycles. The average Bonchev–Trinajstić information content (AvgIpc) is 3.23. The molecule has 0 aliphatic heterocycles. The fourth-order valence-electron chi connectivity index (χ4n) is 1.92. The van der Waals surface area contributed by atoms with Gasteiger partial charge in [0.05, 0.1) is 12.8 Å². The van der Waals surface area contributed by atoms with Crippen LogP contribution in [0.25, 0.3) is 0 Å². The van der Waals surface area contributed by atoms with Crippen LogP contribution in [0.3, 0.4) is 0 Å². The van der Waals surface area contributed by atoms with Crippen molar-refractivity contribution in [3.63, 3.8) is 0 Å². The van der Waals surface area contributed by atoms with E-state index in [-0.39, 0.29) is 36.6 Å². The van der Waals surface area contributed by atoms with Crippen LogP contribution < -0.4 is 10.6 Å². The summed E-state index contributed by atoms with van der Waals surface area (Å²) in [5.74, 6) is -0.126. The molecule has 3 aromatic rings. The Kier molecular flexibility index (Phi) is 4.46. The summed E-state index contributed by atoms with van der Waals surface area (Å²) in [6, 6.07) is 7.10. The van der Waals surface area contributed by atoms with E-state index in [0.717, 1.165) is 11.1 Å². The van der Waals surface area contributed by atoms with Gasteiger partial charge in [-0.05, 0) is 32.0 Å². The van der Waals surface area contributed by atoms with Crippen LogP contribution in [0.15, 0.2) is 24.3 Å². The molecular formula is C12H12N10O2. The molecule has 0 saturated heterocycles. The predicted octanol–water partition coefficient (Wildman–Crippen LogP) is -0.925. The van der Waals surface area contributed by atoms with E-state index in [1.807, 2.05) is 0 Å². The highest BCUT2D eigenvalue weighted by Crippen LogP contribution is 2.08. The Morgan fingerprint density at radius 3 is 1.54 bits per heavy atom. The quantitative estimate of drug-likeness (QED) is 0.450. The molecule has 0 aliphatic carbocycles. The Morgan fingerprint density at radius 1 is 0.792 bits per heavy atom. The van der Waals surface area contributed by atoms with Crippen molar-refractivity contribution in [2.75, 3.05) is 10.6 Å². The second kappa shape index (κ2) is 7.04. The highest BCUT2D eigenvalue weighted by atomic mass is 16.2. The van der Waals surface area contributed by atoms with Crippen LogP contribution in [0, 0.1) is 0 Å². The molecule has 2 amide bonds. The first-order chi connectivity index (χ1) is 11.7. The maximum absolute atomic E-state index is 11.8. The van der Waals surface area contributed by atoms with Crippen LogP contribution in [0.4, 0.5) is 11.9 Å². The predicted molar refractivity (Wildman–Crippen MR) is 79.5 cm³/mol. The molecule has 0 radical (unpaired) electrons. The lowest BCUT2D eigenvalue weighted by Gasteiger charge is -2.04. The summed E-state index contributed by atoms with van der Waals surface area (Å²) < 4.78 is 0. The minimum absolute atomic E-state index is 0.164. The fourth-order valence-corrected chi connectivity index (χ4v) is 1.92. The Bertz CT molecular complexity index is 728. The summed E-state index contributed by atoms with van der Waals surface area (Å²) in [6.45, 7) is 0. The van der Waals surface area contributed by atoms with E-state index in [1.54, 1.807) is 24.3 Å². The minimum Gasteiger partial charge on any atom is -0.293 e. The van der Waals surface area contributed by atoms with E-state index in [4.69, 9.17) is 0 Å². The van der Waals surface area contributed by atoms with E-state index < -0.39 is 0 Å². The number of tetrazole rings is 2. The molecule has 24 heavy (non-hydrogen) atoms. The highest BCUT2D eigenvalue weighted by molar-refractivity contribution is 5.91. The first-order valence-corrected chi connectivity index (χ1v) is 6.84. The van der Waals surface area contributed by atoms with Crippen LogP contribution in [0.1, 0.15) is 11.1 Å². The number of H-pyrrole nitrogens is 2. The lowest BCUT2D eigenvalue weighted by molar-refractivity contribution is -0.116. The molecule has 0 aliphatic rings. The van der Waals surface area contributed by atoms with E-state index in [2.05, 4.69) is 51.9 Å². The molecular weight excluding hydrogens is 316 g/mol. The Hall–Kier alpha value is -3.70. The maximum atomic E-state index is 11.8. The zero-order valence-corrected chi connectivity index (χ0v) is 12.2. The van der Waals surface area contributed by atoms with Crippen molar-refractivity contribution in [2.45, 2.75) is 12.8 Å². The molecule has 1 aromatic carbocycles. The third-order valence-corrected chi connectivity index (χ3v) is 2.96. The fraction of sp³-hybridized carbons (Fsp3) is 0.167. The standard InChI is InChI=1S/C12H12N10O2/c23-9(13-11-15-19-20-16-11)5-7-1-2-8(4-3-7)6-10(24)14-12-17-21-22-18-12/h1-4H,5-6H2,(H2,13,15,16,19,20,23)(H2,14,17,18,21,22,24). The van der Waals surface area contributed by atoms with Gasteiger partial charge in [0.1, 0.15) is 0 Å². The molecule has 122 valence electrons. The average molecular weight is 328 g/mol. The molecule has 0 bridgehead atoms. The van der Waals surface area contributed by atoms with Gasteiger partial charge < -0.3 is 0 Å². The second-order valence-electron chi connectivity index (χ2n) is 4.77. The molecule has 0 fully saturated rings. The van der Waals surface area contributed by atoms with Gasteiger partial charge in [-0.25, -0.2) is 10.2 Å². The maximum Gasteiger partial charge on any atom is 0.246 e. The first-order valence-electron chi connectivity index (χ1n) is 6.84. The first kappa shape index (κ1) is 15.2. The van der Waals surface area contributed by atoms with Crippen LogP contribution in [0.2, 0.25) is 0 Å². The molecule has 0 atom stereocenters. The summed E-state index contributed by atoms with van der Waals surface area (Å²) in [4.78, 5) is 23.6. The van der Waals surface area contributed by atoms with E-state index in [1.165, 1.54) is 0 Å². The smallest absolute Gasteiger partial charge is 0.246 e. The number of amides is 2. The Labute approximate surface area is 134 Å². The zero-order valence-electron chi connectivity index (χ0n) is 12.2. The SMILES string of the molecule is O=C(Cc1ccc(CC(=O)Nc2nnn[nH]2)cc1)Nc1nnn[nH]1. The number of nitrogens with one attached hydrogen (secondary N) is 4. The Morgan fingerprint density at radius 2 is 1.21 bits per heavy atom. The topological polar surface area (TPSA) is 167 Å². The summed E-state index contributed by atoms with van der Waals surface area (Å²) >= 11 is 0. The normalized spacial score (nSPS) is 10.3. The molecule has 0 unspecified atom stereocenters. The van der Waals surface area contributed by atoms with Gasteiger partial charge in [0, 0.05) is 0 Å². The second-order valence-corrected chi connectivity index (χ2v) is 4.77. The van der Waals surface area contributed by atoms with Gasteiger partial charge in [-0.3, -0.25) is 20.2 Å². The molecule has 3 rings (SSSR count). The van der Waals surface area contributed by atoms with Crippen molar-refractivity contribution in [1.82, 2.24) is 41.2 Å². The van der Waals surface area contributed by atoms with Crippen LogP contribution in [-0.4, -0.2) is 53.1 Å². The van der Waals surface area contributed by atoms with Crippen molar-refractivity contribution in [2.24, 2.45) is 0 Å². The molecule has 12 heteroatoms. The monoisotopic (exact) mass is 328 g/mol. The molecule has 4 N–H and O–H groups in total. The lowest BCUT2D eigenvalue weighted by atomic mass is 10.1. The lowest BCUT2D eigenvalue weighted by Crippen LogP contribution is -2.16. The summed E-state index contributed by atoms with van der Waals surface area (Å²) in [7, 11) is 0. The van der Waals surface area contributed by atoms with Crippen LogP contribution in [0.5, 0.6) is 0 Å². The van der Waals surface area contributed by atoms with E-state index in [9.17, 15) is 9.59 Å².